The Bertz CT molecular complexity index is 867. The number of hydrogen-bond acceptors (Lipinski definition) is 6. The van der Waals surface area contributed by atoms with Crippen LogP contribution in [0.1, 0.15) is 24.6 Å². The maximum Gasteiger partial charge on any atom is 0.218 e. The number of benzene rings is 1. The fourth-order valence-electron chi connectivity index (χ4n) is 2.29. The summed E-state index contributed by atoms with van der Waals surface area (Å²) in [5.41, 5.74) is 0.705. The summed E-state index contributed by atoms with van der Waals surface area (Å²) in [6, 6.07) is 12.5. The Kier molecular flexibility index (Phi) is 6.35. The second kappa shape index (κ2) is 8.91. The van der Waals surface area contributed by atoms with E-state index in [2.05, 4.69) is 15.3 Å². The number of rotatable bonds is 7. The number of hydrogen-bond donors (Lipinski definition) is 1. The number of thioether (sulfide) groups is 1. The van der Waals surface area contributed by atoms with Gasteiger partial charge in [-0.2, -0.15) is 9.37 Å². The average Bonchev–Trinajstić information content (AvgIpc) is 3.14. The number of thiophene rings is 1. The lowest BCUT2D eigenvalue weighted by molar-refractivity contribution is -0.111. The molecule has 0 spiro atoms. The van der Waals surface area contributed by atoms with E-state index in [-0.39, 0.29) is 5.12 Å². The predicted octanol–water partition coefficient (Wildman–Crippen LogP) is 5.38. The molecule has 0 aliphatic rings. The third-order valence-electron chi connectivity index (χ3n) is 3.52. The minimum Gasteiger partial charge on any atom is -0.365 e. The summed E-state index contributed by atoms with van der Waals surface area (Å²) >= 11 is 2.85. The molecule has 2 aromatic heterocycles. The number of nitrogens with one attached hydrogen (secondary N) is 1. The fraction of sp³-hybridized carbons (Fsp3) is 0.211. The van der Waals surface area contributed by atoms with E-state index >= 15 is 0 Å². The van der Waals surface area contributed by atoms with Crippen molar-refractivity contribution < 1.29 is 9.18 Å². The van der Waals surface area contributed by atoms with Crippen LogP contribution in [0.15, 0.2) is 52.7 Å². The molecule has 0 radical (unpaired) electrons. The maximum atomic E-state index is 13.9. The van der Waals surface area contributed by atoms with Gasteiger partial charge in [0.25, 0.3) is 0 Å². The second-order valence-corrected chi connectivity index (χ2v) is 7.74. The highest BCUT2D eigenvalue weighted by Gasteiger charge is 2.09. The smallest absolute Gasteiger partial charge is 0.218 e. The molecule has 134 valence electrons. The normalized spacial score (nSPS) is 10.7. The molecule has 0 aliphatic carbocycles. The summed E-state index contributed by atoms with van der Waals surface area (Å²) in [6.45, 7) is 2.57. The molecular formula is C19H18FN3OS2. The molecule has 0 bridgehead atoms. The number of halogens is 1. The van der Waals surface area contributed by atoms with Crippen molar-refractivity contribution >= 4 is 34.0 Å². The summed E-state index contributed by atoms with van der Waals surface area (Å²) < 4.78 is 13.9. The van der Waals surface area contributed by atoms with E-state index in [4.69, 9.17) is 0 Å². The van der Waals surface area contributed by atoms with Gasteiger partial charge in [0.05, 0.1) is 6.54 Å². The molecule has 0 unspecified atom stereocenters. The van der Waals surface area contributed by atoms with Crippen LogP contribution in [0.5, 0.6) is 0 Å². The average molecular weight is 388 g/mol. The lowest BCUT2D eigenvalue weighted by Crippen LogP contribution is -2.03. The molecule has 3 aromatic rings. The van der Waals surface area contributed by atoms with Gasteiger partial charge in [-0.15, -0.1) is 11.3 Å². The first kappa shape index (κ1) is 18.5. The van der Waals surface area contributed by atoms with Gasteiger partial charge in [-0.1, -0.05) is 36.9 Å². The molecule has 1 aromatic carbocycles. The monoisotopic (exact) mass is 387 g/mol. The molecule has 0 saturated heterocycles. The van der Waals surface area contributed by atoms with Gasteiger partial charge < -0.3 is 5.32 Å². The van der Waals surface area contributed by atoms with Gasteiger partial charge in [-0.25, -0.2) is 4.98 Å². The maximum absolute atomic E-state index is 13.9. The van der Waals surface area contributed by atoms with Crippen molar-refractivity contribution in [1.29, 1.82) is 0 Å². The summed E-state index contributed by atoms with van der Waals surface area (Å²) in [4.78, 5) is 22.0. The second-order valence-electron chi connectivity index (χ2n) is 5.58. The molecule has 26 heavy (non-hydrogen) atoms. The molecule has 0 fully saturated rings. The van der Waals surface area contributed by atoms with E-state index < -0.39 is 5.95 Å². The highest BCUT2D eigenvalue weighted by molar-refractivity contribution is 8.13. The summed E-state index contributed by atoms with van der Waals surface area (Å²) in [5, 5.41) is 5.25. The summed E-state index contributed by atoms with van der Waals surface area (Å²) in [6.07, 6.45) is 1.39. The van der Waals surface area contributed by atoms with Gasteiger partial charge in [-0.05, 0) is 30.0 Å². The van der Waals surface area contributed by atoms with Gasteiger partial charge in [0.15, 0.2) is 10.9 Å². The van der Waals surface area contributed by atoms with Crippen molar-refractivity contribution in [2.75, 3.05) is 5.32 Å². The van der Waals surface area contributed by atoms with Crippen LogP contribution >= 0.6 is 23.1 Å². The Labute approximate surface area is 159 Å². The van der Waals surface area contributed by atoms with Crippen molar-refractivity contribution in [3.05, 3.63) is 58.7 Å². The van der Waals surface area contributed by atoms with Gasteiger partial charge >= 0.3 is 0 Å². The van der Waals surface area contributed by atoms with Crippen molar-refractivity contribution in [3.8, 4) is 11.4 Å². The zero-order chi connectivity index (χ0) is 18.4. The minimum absolute atomic E-state index is 0.141. The molecule has 0 amide bonds. The third-order valence-corrected chi connectivity index (χ3v) is 5.33. The van der Waals surface area contributed by atoms with Gasteiger partial charge in [0.1, 0.15) is 5.82 Å². The largest absolute Gasteiger partial charge is 0.365 e. The van der Waals surface area contributed by atoms with Gasteiger partial charge in [-0.3, -0.25) is 4.79 Å². The number of nitrogens with zero attached hydrogens (tertiary/aromatic N) is 2. The molecule has 4 nitrogen and oxygen atoms in total. The lowest BCUT2D eigenvalue weighted by atomic mass is 10.2. The number of carbonyl (C=O) groups excluding carboxylic acids is 1. The van der Waals surface area contributed by atoms with Crippen molar-refractivity contribution in [2.24, 2.45) is 0 Å². The SMILES string of the molecule is CCCC(=O)Sc1ccc(-c2nc(F)cc(NCc3cccs3)n2)cc1. The zero-order valence-corrected chi connectivity index (χ0v) is 15.9. The van der Waals surface area contributed by atoms with Crippen LogP contribution in [0.4, 0.5) is 10.2 Å². The quantitative estimate of drug-likeness (QED) is 0.436. The number of anilines is 1. The topological polar surface area (TPSA) is 54.9 Å². The first-order valence-corrected chi connectivity index (χ1v) is 9.95. The third kappa shape index (κ3) is 5.12. The van der Waals surface area contributed by atoms with Gasteiger partial charge in [0.2, 0.25) is 5.95 Å². The summed E-state index contributed by atoms with van der Waals surface area (Å²) in [7, 11) is 0. The molecule has 0 aliphatic heterocycles. The molecule has 0 saturated carbocycles. The highest BCUT2D eigenvalue weighted by atomic mass is 32.2. The van der Waals surface area contributed by atoms with Crippen molar-refractivity contribution in [1.82, 2.24) is 9.97 Å². The number of aromatic nitrogens is 2. The van der Waals surface area contributed by atoms with Crippen LogP contribution in [-0.2, 0) is 11.3 Å². The van der Waals surface area contributed by atoms with Crippen LogP contribution in [0.2, 0.25) is 0 Å². The Morgan fingerprint density at radius 3 is 2.73 bits per heavy atom. The van der Waals surface area contributed by atoms with Crippen molar-refractivity contribution in [3.63, 3.8) is 0 Å². The first-order valence-electron chi connectivity index (χ1n) is 8.26. The van der Waals surface area contributed by atoms with E-state index in [0.717, 1.165) is 16.2 Å². The van der Waals surface area contributed by atoms with Crippen LogP contribution in [0.25, 0.3) is 11.4 Å². The van der Waals surface area contributed by atoms with Crippen LogP contribution in [-0.4, -0.2) is 15.1 Å². The molecule has 3 rings (SSSR count). The van der Waals surface area contributed by atoms with E-state index in [1.165, 1.54) is 17.8 Å². The van der Waals surface area contributed by atoms with Crippen LogP contribution in [0.3, 0.4) is 0 Å². The summed E-state index contributed by atoms with van der Waals surface area (Å²) in [5.74, 6) is 0.174. The van der Waals surface area contributed by atoms with Crippen molar-refractivity contribution in [2.45, 2.75) is 31.2 Å². The highest BCUT2D eigenvalue weighted by Crippen LogP contribution is 2.25. The van der Waals surface area contributed by atoms with E-state index in [0.29, 0.717) is 30.2 Å². The molecule has 1 N–H and O–H groups in total. The standard InChI is InChI=1S/C19H18FN3OS2/c1-2-4-18(24)26-14-8-6-13(7-9-14)19-22-16(20)11-17(23-19)21-12-15-5-3-10-25-15/h3,5-11H,2,4,12H2,1H3,(H,21,22,23). The molecule has 2 heterocycles. The fourth-order valence-corrected chi connectivity index (χ4v) is 3.77. The first-order chi connectivity index (χ1) is 12.6. The number of carbonyl (C=O) groups is 1. The Morgan fingerprint density at radius 1 is 1.23 bits per heavy atom. The van der Waals surface area contributed by atoms with Crippen LogP contribution < -0.4 is 5.32 Å². The molecule has 0 atom stereocenters. The molecule has 7 heteroatoms. The van der Waals surface area contributed by atoms with Crippen LogP contribution in [0, 0.1) is 5.95 Å². The van der Waals surface area contributed by atoms with E-state index in [1.54, 1.807) is 23.5 Å². The zero-order valence-electron chi connectivity index (χ0n) is 14.2. The predicted molar refractivity (Wildman–Crippen MR) is 105 cm³/mol. The van der Waals surface area contributed by atoms with E-state index in [1.807, 2.05) is 36.6 Å². The Balaban J connectivity index is 1.72. The molecular weight excluding hydrogens is 369 g/mol. The lowest BCUT2D eigenvalue weighted by Gasteiger charge is -2.07. The Morgan fingerprint density at radius 2 is 2.04 bits per heavy atom. The van der Waals surface area contributed by atoms with E-state index in [9.17, 15) is 9.18 Å². The van der Waals surface area contributed by atoms with Gasteiger partial charge in [0, 0.05) is 27.8 Å². The minimum atomic E-state index is -0.583. The Hall–Kier alpha value is -2.25.